The van der Waals surface area contributed by atoms with E-state index in [0.29, 0.717) is 42.0 Å². The molecule has 2 aromatic rings. The number of carbonyl (C=O) groups is 1. The summed E-state index contributed by atoms with van der Waals surface area (Å²) in [5.41, 5.74) is 0.117. The van der Waals surface area contributed by atoms with Crippen LogP contribution in [0.2, 0.25) is 0 Å². The highest BCUT2D eigenvalue weighted by atomic mass is 19.4. The molecular formula is C21H22F3NO4. The number of rotatable bonds is 6. The minimum absolute atomic E-state index is 0.347. The van der Waals surface area contributed by atoms with Crippen LogP contribution in [-0.2, 0) is 11.0 Å². The van der Waals surface area contributed by atoms with Gasteiger partial charge in [0.15, 0.2) is 0 Å². The first-order valence-corrected chi connectivity index (χ1v) is 9.14. The van der Waals surface area contributed by atoms with Crippen LogP contribution in [-0.4, -0.2) is 42.8 Å². The minimum atomic E-state index is -4.50. The van der Waals surface area contributed by atoms with E-state index in [1.54, 1.807) is 29.2 Å². The van der Waals surface area contributed by atoms with Crippen LogP contribution in [0.15, 0.2) is 42.5 Å². The van der Waals surface area contributed by atoms with Gasteiger partial charge in [-0.2, -0.15) is 13.2 Å². The van der Waals surface area contributed by atoms with Crippen LogP contribution in [0.3, 0.4) is 0 Å². The number of carboxylic acids is 1. The molecule has 0 radical (unpaired) electrons. The van der Waals surface area contributed by atoms with Crippen molar-refractivity contribution >= 4 is 5.97 Å². The molecule has 0 bridgehead atoms. The smallest absolute Gasteiger partial charge is 0.416 e. The van der Waals surface area contributed by atoms with E-state index in [9.17, 15) is 23.1 Å². The molecule has 1 aliphatic heterocycles. The van der Waals surface area contributed by atoms with E-state index in [2.05, 4.69) is 0 Å². The van der Waals surface area contributed by atoms with Crippen LogP contribution in [0.25, 0.3) is 0 Å². The Bertz CT molecular complexity index is 884. The summed E-state index contributed by atoms with van der Waals surface area (Å²) in [6, 6.07) is 8.49. The number of nitrogens with zero attached hydrogens (tertiary/aromatic N) is 1. The number of hydrogen-bond donors (Lipinski definition) is 1. The van der Waals surface area contributed by atoms with Crippen molar-refractivity contribution in [3.8, 4) is 11.5 Å². The zero-order chi connectivity index (χ0) is 21.2. The van der Waals surface area contributed by atoms with Crippen molar-refractivity contribution in [2.75, 3.05) is 20.8 Å². The second-order valence-electron chi connectivity index (χ2n) is 6.87. The number of alkyl halides is 3. The van der Waals surface area contributed by atoms with Gasteiger partial charge in [-0.3, -0.25) is 9.69 Å². The average Bonchev–Trinajstić information content (AvgIpc) is 3.17. The molecular weight excluding hydrogens is 387 g/mol. The molecule has 2 aromatic carbocycles. The van der Waals surface area contributed by atoms with E-state index in [1.165, 1.54) is 20.3 Å². The number of benzene rings is 2. The Morgan fingerprint density at radius 2 is 1.93 bits per heavy atom. The fraction of sp³-hybridized carbons (Fsp3) is 0.381. The molecule has 2 atom stereocenters. The summed E-state index contributed by atoms with van der Waals surface area (Å²) < 4.78 is 50.7. The summed E-state index contributed by atoms with van der Waals surface area (Å²) in [5.74, 6) is -0.0468. The van der Waals surface area contributed by atoms with Crippen LogP contribution in [0.4, 0.5) is 13.2 Å². The lowest BCUT2D eigenvalue weighted by Gasteiger charge is -2.33. The molecule has 0 aliphatic carbocycles. The third-order valence-corrected chi connectivity index (χ3v) is 5.17. The molecule has 1 saturated heterocycles. The number of halogens is 3. The lowest BCUT2D eigenvalue weighted by Crippen LogP contribution is -2.39. The van der Waals surface area contributed by atoms with Crippen molar-refractivity contribution in [3.63, 3.8) is 0 Å². The highest BCUT2D eigenvalue weighted by molar-refractivity contribution is 5.74. The van der Waals surface area contributed by atoms with Crippen molar-refractivity contribution in [2.45, 2.75) is 31.1 Å². The minimum Gasteiger partial charge on any atom is -0.497 e. The van der Waals surface area contributed by atoms with Crippen molar-refractivity contribution in [2.24, 2.45) is 0 Å². The molecule has 8 heteroatoms. The maximum atomic E-state index is 13.3. The maximum Gasteiger partial charge on any atom is 0.416 e. The van der Waals surface area contributed by atoms with Gasteiger partial charge in [0.05, 0.1) is 25.8 Å². The summed E-state index contributed by atoms with van der Waals surface area (Å²) in [4.78, 5) is 13.5. The molecule has 156 valence electrons. The lowest BCUT2D eigenvalue weighted by atomic mass is 9.93. The van der Waals surface area contributed by atoms with E-state index in [1.807, 2.05) is 0 Å². The highest BCUT2D eigenvalue weighted by Crippen LogP contribution is 2.42. The molecule has 2 unspecified atom stereocenters. The third-order valence-electron chi connectivity index (χ3n) is 5.17. The zero-order valence-electron chi connectivity index (χ0n) is 16.1. The Morgan fingerprint density at radius 3 is 2.55 bits per heavy atom. The fourth-order valence-corrected chi connectivity index (χ4v) is 3.85. The predicted molar refractivity (Wildman–Crippen MR) is 100 cm³/mol. The number of ether oxygens (including phenoxy) is 2. The number of hydrogen-bond acceptors (Lipinski definition) is 4. The van der Waals surface area contributed by atoms with Gasteiger partial charge in [-0.25, -0.2) is 0 Å². The molecule has 5 nitrogen and oxygen atoms in total. The van der Waals surface area contributed by atoms with Crippen molar-refractivity contribution in [3.05, 3.63) is 59.2 Å². The number of methoxy groups -OCH3 is 2. The molecule has 1 aliphatic rings. The Kier molecular flexibility index (Phi) is 6.02. The number of aliphatic carboxylic acids is 1. The van der Waals surface area contributed by atoms with Gasteiger partial charge in [-0.05, 0) is 48.7 Å². The van der Waals surface area contributed by atoms with Crippen molar-refractivity contribution < 1.29 is 32.5 Å². The topological polar surface area (TPSA) is 59.0 Å². The van der Waals surface area contributed by atoms with E-state index in [0.717, 1.165) is 12.1 Å². The quantitative estimate of drug-likeness (QED) is 0.768. The van der Waals surface area contributed by atoms with Crippen LogP contribution in [0, 0.1) is 0 Å². The van der Waals surface area contributed by atoms with Crippen molar-refractivity contribution in [1.29, 1.82) is 0 Å². The Morgan fingerprint density at radius 1 is 1.17 bits per heavy atom. The first kappa shape index (κ1) is 21.0. The Hall–Kier alpha value is -2.74. The lowest BCUT2D eigenvalue weighted by molar-refractivity contribution is -0.143. The molecule has 1 heterocycles. The van der Waals surface area contributed by atoms with Gasteiger partial charge in [-0.1, -0.05) is 12.1 Å². The van der Waals surface area contributed by atoms with E-state index in [-0.39, 0.29) is 0 Å². The first-order valence-electron chi connectivity index (χ1n) is 9.14. The molecule has 3 rings (SSSR count). The molecule has 29 heavy (non-hydrogen) atoms. The molecule has 0 spiro atoms. The SMILES string of the molecule is COc1ccc(OC)c(C(c2cccc(C(F)(F)F)c2)N2CCCC2C(=O)O)c1. The van der Waals surface area contributed by atoms with E-state index >= 15 is 0 Å². The van der Waals surface area contributed by atoms with Gasteiger partial charge in [0.2, 0.25) is 0 Å². The summed E-state index contributed by atoms with van der Waals surface area (Å²) in [6.07, 6.45) is -3.44. The molecule has 0 aromatic heterocycles. The van der Waals surface area contributed by atoms with Crippen LogP contribution in [0.5, 0.6) is 11.5 Å². The van der Waals surface area contributed by atoms with Gasteiger partial charge >= 0.3 is 12.1 Å². The van der Waals surface area contributed by atoms with Crippen LogP contribution < -0.4 is 9.47 Å². The molecule has 0 saturated carbocycles. The maximum absolute atomic E-state index is 13.3. The third kappa shape index (κ3) is 4.32. The summed E-state index contributed by atoms with van der Waals surface area (Å²) >= 11 is 0. The summed E-state index contributed by atoms with van der Waals surface area (Å²) in [6.45, 7) is 0.443. The van der Waals surface area contributed by atoms with Gasteiger partial charge in [0.1, 0.15) is 17.5 Å². The second-order valence-corrected chi connectivity index (χ2v) is 6.87. The fourth-order valence-electron chi connectivity index (χ4n) is 3.85. The van der Waals surface area contributed by atoms with Gasteiger partial charge in [0, 0.05) is 12.1 Å². The largest absolute Gasteiger partial charge is 0.497 e. The van der Waals surface area contributed by atoms with Crippen LogP contribution >= 0.6 is 0 Å². The number of likely N-dealkylation sites (tertiary alicyclic amines) is 1. The van der Waals surface area contributed by atoms with Gasteiger partial charge in [-0.15, -0.1) is 0 Å². The van der Waals surface area contributed by atoms with E-state index in [4.69, 9.17) is 9.47 Å². The molecule has 0 amide bonds. The summed E-state index contributed by atoms with van der Waals surface area (Å²) in [7, 11) is 2.95. The normalized spacial score (nSPS) is 18.4. The number of carboxylic acid groups (broad SMARTS) is 1. The second kappa shape index (κ2) is 8.32. The molecule has 1 fully saturated rings. The zero-order valence-corrected chi connectivity index (χ0v) is 16.1. The van der Waals surface area contributed by atoms with E-state index < -0.39 is 29.8 Å². The summed E-state index contributed by atoms with van der Waals surface area (Å²) in [5, 5.41) is 9.66. The predicted octanol–water partition coefficient (Wildman–Crippen LogP) is 4.36. The first-order chi connectivity index (χ1) is 13.8. The Labute approximate surface area is 166 Å². The Balaban J connectivity index is 2.20. The standard InChI is InChI=1S/C21H22F3NO4/c1-28-15-8-9-18(29-2)16(12-15)19(25-10-4-7-17(25)20(26)27)13-5-3-6-14(11-13)21(22,23)24/h3,5-6,8-9,11-12,17,19H,4,7,10H2,1-2H3,(H,26,27). The van der Waals surface area contributed by atoms with Crippen molar-refractivity contribution in [1.82, 2.24) is 4.90 Å². The van der Waals surface area contributed by atoms with Crippen LogP contribution in [0.1, 0.15) is 35.6 Å². The molecule has 1 N–H and O–H groups in total. The van der Waals surface area contributed by atoms with Gasteiger partial charge in [0.25, 0.3) is 0 Å². The highest BCUT2D eigenvalue weighted by Gasteiger charge is 2.39. The monoisotopic (exact) mass is 409 g/mol. The average molecular weight is 409 g/mol. The van der Waals surface area contributed by atoms with Gasteiger partial charge < -0.3 is 14.6 Å².